The topological polar surface area (TPSA) is 96.3 Å². The number of benzene rings is 1. The summed E-state index contributed by atoms with van der Waals surface area (Å²) in [5.41, 5.74) is 0.101. The quantitative estimate of drug-likeness (QED) is 0.207. The minimum Gasteiger partial charge on any atom is -0.339 e. The average Bonchev–Trinajstić information content (AvgIpc) is 2.47. The van der Waals surface area contributed by atoms with Crippen molar-refractivity contribution in [3.8, 4) is 0 Å². The lowest BCUT2D eigenvalue weighted by atomic mass is 10.3. The number of hydrogen-bond donors (Lipinski definition) is 3. The van der Waals surface area contributed by atoms with Crippen molar-refractivity contribution in [3.63, 3.8) is 0 Å². The maximum Gasteiger partial charge on any atom is 0.271 e. The highest BCUT2D eigenvalue weighted by atomic mass is 35.6. The molecule has 1 atom stereocenters. The number of carbonyl (C=O) groups excluding carboxylic acids is 1. The first-order valence-electron chi connectivity index (χ1n) is 5.98. The fourth-order valence-electron chi connectivity index (χ4n) is 1.41. The van der Waals surface area contributed by atoms with Gasteiger partial charge in [-0.2, -0.15) is 0 Å². The molecule has 0 bridgehead atoms. The Hall–Kier alpha value is -0.770. The standard InChI is InChI=1S/C11H9Cl5N4O3S/c12-4-8(21)18-9(11(14,15)16)19-10(24)17-7-2-1-5(20(22)23)3-6(7)13/h1-3,9H,4H2,(H,18,21)(H2,17,19,24). The van der Waals surface area contributed by atoms with Gasteiger partial charge in [-0.3, -0.25) is 14.9 Å². The molecule has 1 aromatic rings. The van der Waals surface area contributed by atoms with Crippen LogP contribution in [0.1, 0.15) is 0 Å². The second-order valence-corrected chi connectivity index (χ2v) is 7.65. The zero-order valence-electron chi connectivity index (χ0n) is 11.5. The average molecular weight is 455 g/mol. The van der Waals surface area contributed by atoms with E-state index in [9.17, 15) is 14.9 Å². The predicted molar refractivity (Wildman–Crippen MR) is 100 cm³/mol. The van der Waals surface area contributed by atoms with Crippen LogP contribution in [0.3, 0.4) is 0 Å². The molecule has 1 aromatic carbocycles. The highest BCUT2D eigenvalue weighted by Crippen LogP contribution is 2.30. The van der Waals surface area contributed by atoms with Crippen LogP contribution in [0.4, 0.5) is 11.4 Å². The number of halogens is 5. The van der Waals surface area contributed by atoms with Crippen molar-refractivity contribution in [3.05, 3.63) is 33.3 Å². The van der Waals surface area contributed by atoms with E-state index in [-0.39, 0.29) is 27.4 Å². The molecule has 1 unspecified atom stereocenters. The van der Waals surface area contributed by atoms with Crippen molar-refractivity contribution in [1.29, 1.82) is 0 Å². The van der Waals surface area contributed by atoms with Gasteiger partial charge in [0.1, 0.15) is 12.0 Å². The molecular formula is C11H9Cl5N4O3S. The lowest BCUT2D eigenvalue weighted by Gasteiger charge is -2.27. The molecule has 24 heavy (non-hydrogen) atoms. The molecule has 0 saturated heterocycles. The zero-order valence-corrected chi connectivity index (χ0v) is 16.1. The zero-order chi connectivity index (χ0) is 18.5. The molecule has 0 aliphatic rings. The summed E-state index contributed by atoms with van der Waals surface area (Å²) in [6.07, 6.45) is -1.18. The number of thiocarbonyl (C=S) groups is 1. The Kier molecular flexibility index (Phi) is 8.04. The Morgan fingerprint density at radius 2 is 1.96 bits per heavy atom. The van der Waals surface area contributed by atoms with Gasteiger partial charge in [0.25, 0.3) is 5.69 Å². The van der Waals surface area contributed by atoms with Crippen molar-refractivity contribution < 1.29 is 9.72 Å². The molecule has 1 amide bonds. The first kappa shape index (κ1) is 21.3. The van der Waals surface area contributed by atoms with E-state index in [1.807, 2.05) is 0 Å². The number of nitro groups is 1. The van der Waals surface area contributed by atoms with Gasteiger partial charge in [-0.25, -0.2) is 0 Å². The summed E-state index contributed by atoms with van der Waals surface area (Å²) in [4.78, 5) is 21.4. The van der Waals surface area contributed by atoms with E-state index in [2.05, 4.69) is 16.0 Å². The molecule has 0 fully saturated rings. The smallest absolute Gasteiger partial charge is 0.271 e. The maximum absolute atomic E-state index is 11.4. The molecular weight excluding hydrogens is 445 g/mol. The summed E-state index contributed by atoms with van der Waals surface area (Å²) in [6, 6.07) is 3.74. The molecule has 0 saturated carbocycles. The second kappa shape index (κ2) is 9.07. The van der Waals surface area contributed by atoms with Crippen molar-refractivity contribution in [2.75, 3.05) is 11.2 Å². The number of hydrogen-bond acceptors (Lipinski definition) is 4. The van der Waals surface area contributed by atoms with E-state index in [0.717, 1.165) is 6.07 Å². The molecule has 3 N–H and O–H groups in total. The first-order chi connectivity index (χ1) is 11.0. The van der Waals surface area contributed by atoms with Crippen LogP contribution in [0.15, 0.2) is 18.2 Å². The van der Waals surface area contributed by atoms with Crippen LogP contribution in [0.25, 0.3) is 0 Å². The fourth-order valence-corrected chi connectivity index (χ4v) is 2.26. The normalized spacial score (nSPS) is 12.2. The maximum atomic E-state index is 11.4. The van der Waals surface area contributed by atoms with Gasteiger partial charge >= 0.3 is 0 Å². The minimum absolute atomic E-state index is 0.0445. The highest BCUT2D eigenvalue weighted by molar-refractivity contribution is 7.80. The number of carbonyl (C=O) groups is 1. The summed E-state index contributed by atoms with van der Waals surface area (Å²) in [5, 5.41) is 18.3. The third kappa shape index (κ3) is 6.62. The second-order valence-electron chi connectivity index (χ2n) is 4.20. The van der Waals surface area contributed by atoms with Gasteiger partial charge in [-0.15, -0.1) is 11.6 Å². The number of amides is 1. The van der Waals surface area contributed by atoms with E-state index >= 15 is 0 Å². The van der Waals surface area contributed by atoms with E-state index in [1.54, 1.807) is 0 Å². The number of nitrogens with zero attached hydrogens (tertiary/aromatic N) is 1. The van der Waals surface area contributed by atoms with E-state index in [4.69, 9.17) is 70.2 Å². The third-order valence-electron chi connectivity index (χ3n) is 2.44. The molecule has 0 aliphatic heterocycles. The van der Waals surface area contributed by atoms with Crippen LogP contribution in [-0.2, 0) is 4.79 Å². The number of alkyl halides is 4. The van der Waals surface area contributed by atoms with Crippen LogP contribution in [0.2, 0.25) is 5.02 Å². The largest absolute Gasteiger partial charge is 0.339 e. The molecule has 13 heteroatoms. The SMILES string of the molecule is O=C(CCl)NC(NC(=S)Nc1ccc([N+](=O)[O-])cc1Cl)C(Cl)(Cl)Cl. The monoisotopic (exact) mass is 452 g/mol. The third-order valence-corrected chi connectivity index (χ3v) is 3.87. The van der Waals surface area contributed by atoms with Gasteiger partial charge in [0, 0.05) is 12.1 Å². The van der Waals surface area contributed by atoms with Crippen molar-refractivity contribution >= 4 is 92.6 Å². The number of anilines is 1. The van der Waals surface area contributed by atoms with Gasteiger partial charge in [-0.05, 0) is 18.3 Å². The number of non-ortho nitro benzene ring substituents is 1. The van der Waals surface area contributed by atoms with E-state index < -0.39 is 20.8 Å². The van der Waals surface area contributed by atoms with Gasteiger partial charge in [0.05, 0.1) is 15.6 Å². The van der Waals surface area contributed by atoms with Crippen molar-refractivity contribution in [2.45, 2.75) is 9.96 Å². The number of nitrogens with one attached hydrogen (secondary N) is 3. The van der Waals surface area contributed by atoms with Gasteiger partial charge < -0.3 is 16.0 Å². The summed E-state index contributed by atoms with van der Waals surface area (Å²) in [5.74, 6) is -0.926. The fraction of sp³-hybridized carbons (Fsp3) is 0.273. The van der Waals surface area contributed by atoms with Crippen LogP contribution < -0.4 is 16.0 Å². The Balaban J connectivity index is 2.82. The molecule has 132 valence electrons. The van der Waals surface area contributed by atoms with Crippen LogP contribution in [-0.4, -0.2) is 31.8 Å². The van der Waals surface area contributed by atoms with Crippen LogP contribution in [0.5, 0.6) is 0 Å². The van der Waals surface area contributed by atoms with Crippen molar-refractivity contribution in [1.82, 2.24) is 10.6 Å². The summed E-state index contributed by atoms with van der Waals surface area (Å²) >= 11 is 33.6. The molecule has 0 radical (unpaired) electrons. The lowest BCUT2D eigenvalue weighted by molar-refractivity contribution is -0.384. The highest BCUT2D eigenvalue weighted by Gasteiger charge is 2.34. The molecule has 0 heterocycles. The summed E-state index contributed by atoms with van der Waals surface area (Å²) in [6.45, 7) is 0. The molecule has 0 spiro atoms. The van der Waals surface area contributed by atoms with Crippen molar-refractivity contribution in [2.24, 2.45) is 0 Å². The Labute approximate surface area is 167 Å². The van der Waals surface area contributed by atoms with Crippen LogP contribution in [0, 0.1) is 10.1 Å². The molecule has 1 rings (SSSR count). The van der Waals surface area contributed by atoms with Crippen LogP contribution >= 0.6 is 70.2 Å². The van der Waals surface area contributed by atoms with E-state index in [1.165, 1.54) is 12.1 Å². The predicted octanol–water partition coefficient (Wildman–Crippen LogP) is 3.59. The summed E-state index contributed by atoms with van der Waals surface area (Å²) in [7, 11) is 0. The lowest BCUT2D eigenvalue weighted by Crippen LogP contribution is -2.56. The Bertz CT molecular complexity index is 655. The Morgan fingerprint density at radius 1 is 1.33 bits per heavy atom. The number of nitro benzene ring substituents is 1. The van der Waals surface area contributed by atoms with Gasteiger partial charge in [-0.1, -0.05) is 46.4 Å². The van der Waals surface area contributed by atoms with E-state index in [0.29, 0.717) is 0 Å². The molecule has 7 nitrogen and oxygen atoms in total. The molecule has 0 aliphatic carbocycles. The molecule has 0 aromatic heterocycles. The summed E-state index contributed by atoms with van der Waals surface area (Å²) < 4.78 is -1.92. The first-order valence-corrected chi connectivity index (χ1v) is 8.43. The van der Waals surface area contributed by atoms with Gasteiger partial charge in [0.2, 0.25) is 9.70 Å². The number of rotatable bonds is 5. The minimum atomic E-state index is -1.92. The van der Waals surface area contributed by atoms with Gasteiger partial charge in [0.15, 0.2) is 5.11 Å². The Morgan fingerprint density at radius 3 is 2.42 bits per heavy atom.